The molecule has 0 spiro atoms. The second-order valence-electron chi connectivity index (χ2n) is 6.09. The van der Waals surface area contributed by atoms with Crippen molar-refractivity contribution in [3.63, 3.8) is 0 Å². The molecular formula is C16H19N5O. The molecule has 114 valence electrons. The van der Waals surface area contributed by atoms with Crippen molar-refractivity contribution < 1.29 is 4.79 Å². The minimum Gasteiger partial charge on any atom is -0.328 e. The highest BCUT2D eigenvalue weighted by Crippen LogP contribution is 2.39. The first-order valence-electron chi connectivity index (χ1n) is 7.65. The molecule has 0 aromatic carbocycles. The molecule has 4 rings (SSSR count). The van der Waals surface area contributed by atoms with Gasteiger partial charge in [0.05, 0.1) is 11.7 Å². The highest BCUT2D eigenvalue weighted by Gasteiger charge is 2.41. The van der Waals surface area contributed by atoms with Gasteiger partial charge in [0.2, 0.25) is 0 Å². The molecule has 22 heavy (non-hydrogen) atoms. The fraction of sp³-hybridized carbons (Fsp3) is 0.438. The summed E-state index contributed by atoms with van der Waals surface area (Å²) in [5, 5.41) is 8.36. The van der Waals surface area contributed by atoms with E-state index in [2.05, 4.69) is 16.3 Å². The van der Waals surface area contributed by atoms with Gasteiger partial charge in [0.1, 0.15) is 5.69 Å². The second kappa shape index (κ2) is 4.83. The quantitative estimate of drug-likeness (QED) is 0.846. The zero-order chi connectivity index (χ0) is 15.3. The SMILES string of the molecule is Cn1nccc1C(=O)N1C2C=C(c3ccnn3C)CC1CC2. The van der Waals surface area contributed by atoms with E-state index in [9.17, 15) is 4.79 Å². The van der Waals surface area contributed by atoms with Gasteiger partial charge in [0, 0.05) is 32.5 Å². The Balaban J connectivity index is 1.66. The van der Waals surface area contributed by atoms with Crippen molar-refractivity contribution in [2.24, 2.45) is 14.1 Å². The number of nitrogens with zero attached hydrogens (tertiary/aromatic N) is 5. The summed E-state index contributed by atoms with van der Waals surface area (Å²) in [6, 6.07) is 4.31. The van der Waals surface area contributed by atoms with Gasteiger partial charge in [0.25, 0.3) is 5.91 Å². The van der Waals surface area contributed by atoms with Crippen molar-refractivity contribution in [2.75, 3.05) is 0 Å². The third kappa shape index (κ3) is 1.90. The predicted octanol–water partition coefficient (Wildman–Crippen LogP) is 1.61. The van der Waals surface area contributed by atoms with E-state index in [0.29, 0.717) is 5.69 Å². The number of carbonyl (C=O) groups excluding carboxylic acids is 1. The zero-order valence-corrected chi connectivity index (χ0v) is 12.8. The van der Waals surface area contributed by atoms with Crippen molar-refractivity contribution in [1.82, 2.24) is 24.5 Å². The van der Waals surface area contributed by atoms with Gasteiger partial charge in [-0.2, -0.15) is 10.2 Å². The lowest BCUT2D eigenvalue weighted by atomic mass is 9.98. The normalized spacial score (nSPS) is 23.7. The Labute approximate surface area is 129 Å². The number of aromatic nitrogens is 4. The van der Waals surface area contributed by atoms with Crippen molar-refractivity contribution >= 4 is 11.5 Å². The maximum atomic E-state index is 12.8. The molecule has 1 fully saturated rings. The Morgan fingerprint density at radius 3 is 2.55 bits per heavy atom. The van der Waals surface area contributed by atoms with Gasteiger partial charge in [-0.05, 0) is 37.0 Å². The lowest BCUT2D eigenvalue weighted by Crippen LogP contribution is -2.43. The van der Waals surface area contributed by atoms with E-state index in [4.69, 9.17) is 0 Å². The Bertz CT molecular complexity index is 756. The summed E-state index contributed by atoms with van der Waals surface area (Å²) >= 11 is 0. The molecule has 0 radical (unpaired) electrons. The monoisotopic (exact) mass is 297 g/mol. The summed E-state index contributed by atoms with van der Waals surface area (Å²) in [7, 11) is 3.78. The molecule has 0 N–H and O–H groups in total. The van der Waals surface area contributed by atoms with E-state index in [1.807, 2.05) is 35.9 Å². The fourth-order valence-electron chi connectivity index (χ4n) is 3.74. The van der Waals surface area contributed by atoms with E-state index in [1.165, 1.54) is 5.57 Å². The first kappa shape index (κ1) is 13.3. The summed E-state index contributed by atoms with van der Waals surface area (Å²) in [6.07, 6.45) is 8.75. The first-order chi connectivity index (χ1) is 10.6. The van der Waals surface area contributed by atoms with Crippen LogP contribution in [-0.4, -0.2) is 42.5 Å². The van der Waals surface area contributed by atoms with E-state index >= 15 is 0 Å². The number of fused-ring (bicyclic) bond motifs is 2. The van der Waals surface area contributed by atoms with Gasteiger partial charge >= 0.3 is 0 Å². The van der Waals surface area contributed by atoms with E-state index in [1.54, 1.807) is 16.9 Å². The number of rotatable bonds is 2. The minimum absolute atomic E-state index is 0.0906. The van der Waals surface area contributed by atoms with Crippen molar-refractivity contribution in [3.05, 3.63) is 42.0 Å². The van der Waals surface area contributed by atoms with Crippen LogP contribution in [0.5, 0.6) is 0 Å². The van der Waals surface area contributed by atoms with Crippen LogP contribution in [0.2, 0.25) is 0 Å². The van der Waals surface area contributed by atoms with Crippen LogP contribution in [0, 0.1) is 0 Å². The van der Waals surface area contributed by atoms with Crippen molar-refractivity contribution in [2.45, 2.75) is 31.3 Å². The summed E-state index contributed by atoms with van der Waals surface area (Å²) in [4.78, 5) is 14.9. The van der Waals surface area contributed by atoms with Crippen LogP contribution in [0.15, 0.2) is 30.6 Å². The van der Waals surface area contributed by atoms with Gasteiger partial charge in [-0.25, -0.2) is 0 Å². The molecule has 1 amide bonds. The lowest BCUT2D eigenvalue weighted by Gasteiger charge is -2.34. The van der Waals surface area contributed by atoms with Gasteiger partial charge < -0.3 is 4.90 Å². The summed E-state index contributed by atoms with van der Waals surface area (Å²) in [5.74, 6) is 0.0906. The number of hydrogen-bond acceptors (Lipinski definition) is 3. The van der Waals surface area contributed by atoms with Crippen LogP contribution in [0.3, 0.4) is 0 Å². The minimum atomic E-state index is 0.0906. The summed E-state index contributed by atoms with van der Waals surface area (Å²) in [6.45, 7) is 0. The van der Waals surface area contributed by atoms with Crippen LogP contribution in [0.25, 0.3) is 5.57 Å². The third-order valence-corrected chi connectivity index (χ3v) is 4.82. The standard InChI is InChI=1S/C16H19N5O/c1-19-14(5-7-17-19)11-9-12-3-4-13(10-11)21(12)16(22)15-6-8-18-20(15)2/h5-9,12-13H,3-4,10H2,1-2H3. The molecule has 1 saturated heterocycles. The topological polar surface area (TPSA) is 56.0 Å². The molecule has 2 aliphatic rings. The van der Waals surface area contributed by atoms with E-state index in [-0.39, 0.29) is 18.0 Å². The summed E-state index contributed by atoms with van der Waals surface area (Å²) in [5.41, 5.74) is 3.13. The maximum absolute atomic E-state index is 12.8. The van der Waals surface area contributed by atoms with Crippen LogP contribution in [0.1, 0.15) is 35.4 Å². The van der Waals surface area contributed by atoms with Crippen LogP contribution >= 0.6 is 0 Å². The van der Waals surface area contributed by atoms with Crippen molar-refractivity contribution in [3.8, 4) is 0 Å². The molecule has 2 unspecified atom stereocenters. The second-order valence-corrected chi connectivity index (χ2v) is 6.09. The number of amides is 1. The molecule has 2 aliphatic heterocycles. The molecule has 6 heteroatoms. The molecule has 2 bridgehead atoms. The molecule has 2 aromatic rings. The van der Waals surface area contributed by atoms with Gasteiger partial charge in [-0.3, -0.25) is 14.2 Å². The Morgan fingerprint density at radius 2 is 1.91 bits per heavy atom. The molecule has 0 saturated carbocycles. The smallest absolute Gasteiger partial charge is 0.272 e. The number of hydrogen-bond donors (Lipinski definition) is 0. The van der Waals surface area contributed by atoms with Gasteiger partial charge in [-0.1, -0.05) is 6.08 Å². The van der Waals surface area contributed by atoms with Crippen molar-refractivity contribution in [1.29, 1.82) is 0 Å². The third-order valence-electron chi connectivity index (χ3n) is 4.82. The molecule has 4 heterocycles. The lowest BCUT2D eigenvalue weighted by molar-refractivity contribution is 0.0681. The zero-order valence-electron chi connectivity index (χ0n) is 12.8. The Hall–Kier alpha value is -2.37. The maximum Gasteiger partial charge on any atom is 0.272 e. The predicted molar refractivity (Wildman–Crippen MR) is 82.0 cm³/mol. The molecule has 2 aromatic heterocycles. The summed E-state index contributed by atoms with van der Waals surface area (Å²) < 4.78 is 3.56. The Kier molecular flexibility index (Phi) is 2.92. The van der Waals surface area contributed by atoms with E-state index < -0.39 is 0 Å². The van der Waals surface area contributed by atoms with Crippen LogP contribution in [0.4, 0.5) is 0 Å². The average Bonchev–Trinajstić information content (AvgIpc) is 3.17. The first-order valence-corrected chi connectivity index (χ1v) is 7.65. The highest BCUT2D eigenvalue weighted by molar-refractivity contribution is 5.94. The molecule has 0 aliphatic carbocycles. The van der Waals surface area contributed by atoms with E-state index in [0.717, 1.165) is 25.0 Å². The number of carbonyl (C=O) groups is 1. The van der Waals surface area contributed by atoms with Crippen LogP contribution in [-0.2, 0) is 14.1 Å². The largest absolute Gasteiger partial charge is 0.328 e. The van der Waals surface area contributed by atoms with Crippen LogP contribution < -0.4 is 0 Å². The average molecular weight is 297 g/mol. The number of aryl methyl sites for hydroxylation is 2. The molecular weight excluding hydrogens is 278 g/mol. The van der Waals surface area contributed by atoms with Gasteiger partial charge in [0.15, 0.2) is 0 Å². The van der Waals surface area contributed by atoms with Gasteiger partial charge in [-0.15, -0.1) is 0 Å². The Morgan fingerprint density at radius 1 is 1.14 bits per heavy atom. The highest BCUT2D eigenvalue weighted by atomic mass is 16.2. The fourth-order valence-corrected chi connectivity index (χ4v) is 3.74. The molecule has 6 nitrogen and oxygen atoms in total. The molecule has 2 atom stereocenters.